The third kappa shape index (κ3) is 2.23. The molecule has 0 unspecified atom stereocenters. The van der Waals surface area contributed by atoms with E-state index < -0.39 is 11.8 Å². The maximum absolute atomic E-state index is 14.1. The Morgan fingerprint density at radius 2 is 2.11 bits per heavy atom. The van der Waals surface area contributed by atoms with E-state index in [1.54, 1.807) is 4.68 Å². The summed E-state index contributed by atoms with van der Waals surface area (Å²) in [7, 11) is 0. The SMILES string of the molecule is CCn1nc(C)c(-c2ccc(C(=O)O)cc2F)c1C. The molecule has 1 aromatic heterocycles. The van der Waals surface area contributed by atoms with Crippen LogP contribution in [0.4, 0.5) is 4.39 Å². The highest BCUT2D eigenvalue weighted by Crippen LogP contribution is 2.29. The molecular weight excluding hydrogens is 247 g/mol. The van der Waals surface area contributed by atoms with Crippen LogP contribution >= 0.6 is 0 Å². The topological polar surface area (TPSA) is 55.1 Å². The first-order chi connectivity index (χ1) is 8.95. The first-order valence-corrected chi connectivity index (χ1v) is 6.03. The van der Waals surface area contributed by atoms with Crippen LogP contribution in [-0.4, -0.2) is 20.9 Å². The van der Waals surface area contributed by atoms with Gasteiger partial charge in [0, 0.05) is 23.4 Å². The third-order valence-corrected chi connectivity index (χ3v) is 3.17. The fraction of sp³-hybridized carbons (Fsp3) is 0.286. The minimum Gasteiger partial charge on any atom is -0.478 e. The summed E-state index contributed by atoms with van der Waals surface area (Å²) < 4.78 is 15.9. The van der Waals surface area contributed by atoms with Crippen LogP contribution in [0.2, 0.25) is 0 Å². The average Bonchev–Trinajstić information content (AvgIpc) is 2.64. The highest BCUT2D eigenvalue weighted by Gasteiger charge is 2.17. The number of benzene rings is 1. The van der Waals surface area contributed by atoms with Gasteiger partial charge in [-0.15, -0.1) is 0 Å². The van der Waals surface area contributed by atoms with Crippen LogP contribution in [0.1, 0.15) is 28.7 Å². The fourth-order valence-corrected chi connectivity index (χ4v) is 2.25. The summed E-state index contributed by atoms with van der Waals surface area (Å²) in [6, 6.07) is 3.94. The Morgan fingerprint density at radius 1 is 1.42 bits per heavy atom. The van der Waals surface area contributed by atoms with E-state index in [0.717, 1.165) is 23.0 Å². The van der Waals surface area contributed by atoms with E-state index in [1.807, 2.05) is 20.8 Å². The van der Waals surface area contributed by atoms with Crippen LogP contribution in [-0.2, 0) is 6.54 Å². The van der Waals surface area contributed by atoms with Crippen molar-refractivity contribution in [1.82, 2.24) is 9.78 Å². The smallest absolute Gasteiger partial charge is 0.335 e. The van der Waals surface area contributed by atoms with Crippen molar-refractivity contribution in [2.45, 2.75) is 27.3 Å². The Hall–Kier alpha value is -2.17. The van der Waals surface area contributed by atoms with Crippen LogP contribution in [0.15, 0.2) is 18.2 Å². The molecule has 0 aliphatic rings. The van der Waals surface area contributed by atoms with Gasteiger partial charge in [0.25, 0.3) is 0 Å². The van der Waals surface area contributed by atoms with E-state index >= 15 is 0 Å². The zero-order valence-electron chi connectivity index (χ0n) is 11.1. The fourth-order valence-electron chi connectivity index (χ4n) is 2.25. The van der Waals surface area contributed by atoms with Crippen molar-refractivity contribution in [2.75, 3.05) is 0 Å². The Balaban J connectivity index is 2.60. The molecule has 0 aliphatic heterocycles. The van der Waals surface area contributed by atoms with Crippen molar-refractivity contribution in [3.05, 3.63) is 41.0 Å². The van der Waals surface area contributed by atoms with Crippen LogP contribution in [0.3, 0.4) is 0 Å². The lowest BCUT2D eigenvalue weighted by molar-refractivity contribution is 0.0696. The van der Waals surface area contributed by atoms with Crippen molar-refractivity contribution < 1.29 is 14.3 Å². The summed E-state index contributed by atoms with van der Waals surface area (Å²) in [6.07, 6.45) is 0. The number of rotatable bonds is 3. The molecule has 0 saturated heterocycles. The summed E-state index contributed by atoms with van der Waals surface area (Å²) in [5, 5.41) is 13.2. The molecule has 0 aliphatic carbocycles. The van der Waals surface area contributed by atoms with E-state index in [4.69, 9.17) is 5.11 Å². The number of aromatic carboxylic acids is 1. The minimum absolute atomic E-state index is 0.0561. The van der Waals surface area contributed by atoms with Gasteiger partial charge in [-0.3, -0.25) is 4.68 Å². The van der Waals surface area contributed by atoms with Crippen molar-refractivity contribution in [3.63, 3.8) is 0 Å². The number of hydrogen-bond donors (Lipinski definition) is 1. The van der Waals surface area contributed by atoms with E-state index in [0.29, 0.717) is 12.1 Å². The first-order valence-electron chi connectivity index (χ1n) is 6.03. The van der Waals surface area contributed by atoms with Gasteiger partial charge in [0.1, 0.15) is 5.82 Å². The zero-order valence-corrected chi connectivity index (χ0v) is 11.1. The predicted molar refractivity (Wildman–Crippen MR) is 69.7 cm³/mol. The molecule has 0 saturated carbocycles. The molecule has 2 aromatic rings. The first kappa shape index (κ1) is 13.3. The lowest BCUT2D eigenvalue weighted by Gasteiger charge is -2.06. The van der Waals surface area contributed by atoms with Gasteiger partial charge in [0.2, 0.25) is 0 Å². The number of carboxylic acid groups (broad SMARTS) is 1. The van der Waals surface area contributed by atoms with Gasteiger partial charge in [0.05, 0.1) is 11.3 Å². The van der Waals surface area contributed by atoms with E-state index in [1.165, 1.54) is 12.1 Å². The van der Waals surface area contributed by atoms with E-state index in [2.05, 4.69) is 5.10 Å². The molecule has 1 heterocycles. The van der Waals surface area contributed by atoms with Crippen molar-refractivity contribution in [3.8, 4) is 11.1 Å². The predicted octanol–water partition coefficient (Wildman–Crippen LogP) is 3.02. The molecule has 19 heavy (non-hydrogen) atoms. The summed E-state index contributed by atoms with van der Waals surface area (Å²) in [5.41, 5.74) is 2.68. The maximum atomic E-state index is 14.1. The van der Waals surface area contributed by atoms with Gasteiger partial charge in [-0.1, -0.05) is 6.07 Å². The summed E-state index contributed by atoms with van der Waals surface area (Å²) in [4.78, 5) is 10.8. The van der Waals surface area contributed by atoms with Crippen molar-refractivity contribution in [2.24, 2.45) is 0 Å². The zero-order chi connectivity index (χ0) is 14.2. The third-order valence-electron chi connectivity index (χ3n) is 3.17. The molecule has 1 aromatic carbocycles. The molecule has 0 radical (unpaired) electrons. The molecule has 2 rings (SSSR count). The molecule has 4 nitrogen and oxygen atoms in total. The molecular formula is C14H15FN2O2. The van der Waals surface area contributed by atoms with Gasteiger partial charge in [0.15, 0.2) is 0 Å². The number of carboxylic acids is 1. The molecule has 0 fully saturated rings. The van der Waals surface area contributed by atoms with Crippen molar-refractivity contribution >= 4 is 5.97 Å². The van der Waals surface area contributed by atoms with Gasteiger partial charge in [-0.05, 0) is 32.9 Å². The number of hydrogen-bond acceptors (Lipinski definition) is 2. The number of carbonyl (C=O) groups is 1. The summed E-state index contributed by atoms with van der Waals surface area (Å²) in [5.74, 6) is -1.68. The number of aryl methyl sites for hydroxylation is 2. The van der Waals surface area contributed by atoms with Gasteiger partial charge in [-0.2, -0.15) is 5.10 Å². The van der Waals surface area contributed by atoms with E-state index in [-0.39, 0.29) is 5.56 Å². The molecule has 0 amide bonds. The van der Waals surface area contributed by atoms with Gasteiger partial charge >= 0.3 is 5.97 Å². The second-order valence-corrected chi connectivity index (χ2v) is 4.36. The molecule has 1 N–H and O–H groups in total. The standard InChI is InChI=1S/C14H15FN2O2/c1-4-17-9(3)13(8(2)16-17)11-6-5-10(14(18)19)7-12(11)15/h5-7H,4H2,1-3H3,(H,18,19). The van der Waals surface area contributed by atoms with E-state index in [9.17, 15) is 9.18 Å². The lowest BCUT2D eigenvalue weighted by atomic mass is 10.0. The van der Waals surface area contributed by atoms with Crippen LogP contribution in [0.25, 0.3) is 11.1 Å². The van der Waals surface area contributed by atoms with Crippen molar-refractivity contribution in [1.29, 1.82) is 0 Å². The number of nitrogens with zero attached hydrogens (tertiary/aromatic N) is 2. The lowest BCUT2D eigenvalue weighted by Crippen LogP contribution is -2.00. The van der Waals surface area contributed by atoms with Gasteiger partial charge < -0.3 is 5.11 Å². The highest BCUT2D eigenvalue weighted by molar-refractivity contribution is 5.88. The molecule has 0 atom stereocenters. The minimum atomic E-state index is -1.14. The average molecular weight is 262 g/mol. The quantitative estimate of drug-likeness (QED) is 0.925. The largest absolute Gasteiger partial charge is 0.478 e. The highest BCUT2D eigenvalue weighted by atomic mass is 19.1. The normalized spacial score (nSPS) is 10.7. The molecule has 0 bridgehead atoms. The van der Waals surface area contributed by atoms with Crippen LogP contribution < -0.4 is 0 Å². The molecule has 100 valence electrons. The Labute approximate surface area is 110 Å². The Morgan fingerprint density at radius 3 is 2.58 bits per heavy atom. The summed E-state index contributed by atoms with van der Waals surface area (Å²) in [6.45, 7) is 6.37. The Bertz CT molecular complexity index is 647. The Kier molecular flexibility index (Phi) is 3.38. The number of halogens is 1. The van der Waals surface area contributed by atoms with Gasteiger partial charge in [-0.25, -0.2) is 9.18 Å². The summed E-state index contributed by atoms with van der Waals surface area (Å²) >= 11 is 0. The molecule has 0 spiro atoms. The monoisotopic (exact) mass is 262 g/mol. The second-order valence-electron chi connectivity index (χ2n) is 4.36. The van der Waals surface area contributed by atoms with Crippen LogP contribution in [0.5, 0.6) is 0 Å². The number of aromatic nitrogens is 2. The van der Waals surface area contributed by atoms with Crippen LogP contribution in [0, 0.1) is 19.7 Å². The second kappa shape index (κ2) is 4.84. The molecule has 5 heteroatoms. The maximum Gasteiger partial charge on any atom is 0.335 e.